The Labute approximate surface area is 205 Å². The van der Waals surface area contributed by atoms with E-state index in [0.29, 0.717) is 31.1 Å². The fraction of sp³-hybridized carbons (Fsp3) is 0.400. The van der Waals surface area contributed by atoms with Gasteiger partial charge in [-0.2, -0.15) is 9.41 Å². The van der Waals surface area contributed by atoms with Gasteiger partial charge in [0.15, 0.2) is 0 Å². The molecule has 10 heteroatoms. The van der Waals surface area contributed by atoms with E-state index < -0.39 is 15.9 Å². The first kappa shape index (κ1) is 24.9. The van der Waals surface area contributed by atoms with Crippen LogP contribution in [0.3, 0.4) is 0 Å². The lowest BCUT2D eigenvalue weighted by molar-refractivity contribution is -0.118. The van der Waals surface area contributed by atoms with Gasteiger partial charge >= 0.3 is 0 Å². The molecular formula is C25H30N4O5S. The van der Waals surface area contributed by atoms with Crippen LogP contribution < -0.4 is 15.1 Å². The molecule has 9 nitrogen and oxygen atoms in total. The number of amides is 2. The van der Waals surface area contributed by atoms with Crippen molar-refractivity contribution in [1.29, 1.82) is 0 Å². The minimum atomic E-state index is -3.76. The number of nitrogens with zero attached hydrogens (tertiary/aromatic N) is 3. The van der Waals surface area contributed by atoms with E-state index >= 15 is 0 Å². The van der Waals surface area contributed by atoms with Gasteiger partial charge in [0.05, 0.1) is 12.3 Å². The standard InChI is InChI=1S/C25H30N4O5S/c1-4-34-22-11-9-19(16-23(22)35(32,33)28-13-5-6-14-28)26-25(31)20-10-12-24(30)29(27-20)21-15-17(2)7-8-18(21)3/h7-9,11,15-16H,4-6,10,12-14H2,1-3H3,(H,26,31). The lowest BCUT2D eigenvalue weighted by Gasteiger charge is -2.25. The van der Waals surface area contributed by atoms with Crippen molar-refractivity contribution in [3.8, 4) is 5.75 Å². The zero-order valence-electron chi connectivity index (χ0n) is 20.2. The van der Waals surface area contributed by atoms with Crippen molar-refractivity contribution in [1.82, 2.24) is 4.31 Å². The third-order valence-electron chi connectivity index (χ3n) is 6.07. The highest BCUT2D eigenvalue weighted by Crippen LogP contribution is 2.32. The van der Waals surface area contributed by atoms with Crippen molar-refractivity contribution in [3.05, 3.63) is 47.5 Å². The molecule has 2 aromatic rings. The first-order chi connectivity index (χ1) is 16.7. The summed E-state index contributed by atoms with van der Waals surface area (Å²) in [5.74, 6) is -0.420. The summed E-state index contributed by atoms with van der Waals surface area (Å²) < 4.78 is 33.5. The van der Waals surface area contributed by atoms with Gasteiger partial charge in [-0.05, 0) is 69.0 Å². The monoisotopic (exact) mass is 498 g/mol. The van der Waals surface area contributed by atoms with Crippen molar-refractivity contribution in [3.63, 3.8) is 0 Å². The number of benzene rings is 2. The molecule has 186 valence electrons. The van der Waals surface area contributed by atoms with E-state index in [2.05, 4.69) is 10.4 Å². The Balaban J connectivity index is 1.62. The first-order valence-electron chi connectivity index (χ1n) is 11.8. The topological polar surface area (TPSA) is 108 Å². The Bertz CT molecular complexity index is 1280. The number of carbonyl (C=O) groups excluding carboxylic acids is 2. The van der Waals surface area contributed by atoms with Crippen molar-refractivity contribution in [2.45, 2.75) is 51.3 Å². The average Bonchev–Trinajstić information content (AvgIpc) is 3.38. The summed E-state index contributed by atoms with van der Waals surface area (Å²) in [6, 6.07) is 10.3. The molecule has 35 heavy (non-hydrogen) atoms. The highest BCUT2D eigenvalue weighted by molar-refractivity contribution is 7.89. The zero-order chi connectivity index (χ0) is 25.2. The predicted octanol–water partition coefficient (Wildman–Crippen LogP) is 3.61. The van der Waals surface area contributed by atoms with Crippen LogP contribution in [0.25, 0.3) is 0 Å². The van der Waals surface area contributed by atoms with E-state index in [-0.39, 0.29) is 35.1 Å². The van der Waals surface area contributed by atoms with E-state index in [1.54, 1.807) is 19.1 Å². The van der Waals surface area contributed by atoms with Crippen molar-refractivity contribution >= 4 is 38.9 Å². The van der Waals surface area contributed by atoms with Gasteiger partial charge in [-0.25, -0.2) is 13.4 Å². The summed E-state index contributed by atoms with van der Waals surface area (Å²) in [5, 5.41) is 8.38. The molecule has 0 unspecified atom stereocenters. The van der Waals surface area contributed by atoms with Crippen molar-refractivity contribution < 1.29 is 22.7 Å². The van der Waals surface area contributed by atoms with Gasteiger partial charge in [-0.1, -0.05) is 12.1 Å². The van der Waals surface area contributed by atoms with E-state index in [9.17, 15) is 18.0 Å². The lowest BCUT2D eigenvalue weighted by atomic mass is 10.1. The summed E-state index contributed by atoms with van der Waals surface area (Å²) in [4.78, 5) is 25.7. The summed E-state index contributed by atoms with van der Waals surface area (Å²) in [6.45, 7) is 6.83. The maximum absolute atomic E-state index is 13.2. The quantitative estimate of drug-likeness (QED) is 0.627. The molecule has 0 radical (unpaired) electrons. The van der Waals surface area contributed by atoms with Gasteiger partial charge in [0, 0.05) is 31.6 Å². The number of hydrogen-bond donors (Lipinski definition) is 1. The van der Waals surface area contributed by atoms with Crippen LogP contribution in [-0.2, 0) is 19.6 Å². The molecule has 1 saturated heterocycles. The van der Waals surface area contributed by atoms with Crippen molar-refractivity contribution in [2.24, 2.45) is 5.10 Å². The molecule has 0 atom stereocenters. The second-order valence-electron chi connectivity index (χ2n) is 8.70. The number of hydrazone groups is 1. The minimum Gasteiger partial charge on any atom is -0.492 e. The summed E-state index contributed by atoms with van der Waals surface area (Å²) in [6.07, 6.45) is 1.98. The summed E-state index contributed by atoms with van der Waals surface area (Å²) in [7, 11) is -3.76. The molecule has 1 fully saturated rings. The summed E-state index contributed by atoms with van der Waals surface area (Å²) in [5.41, 5.74) is 3.00. The average molecular weight is 499 g/mol. The number of anilines is 2. The van der Waals surface area contributed by atoms with E-state index in [4.69, 9.17) is 4.74 Å². The Morgan fingerprint density at radius 2 is 1.83 bits per heavy atom. The highest BCUT2D eigenvalue weighted by atomic mass is 32.2. The van der Waals surface area contributed by atoms with Crippen LogP contribution in [-0.4, -0.2) is 49.9 Å². The first-order valence-corrected chi connectivity index (χ1v) is 13.2. The van der Waals surface area contributed by atoms with Gasteiger partial charge in [0.1, 0.15) is 16.4 Å². The molecule has 2 aliphatic rings. The van der Waals surface area contributed by atoms with Gasteiger partial charge in [0.2, 0.25) is 15.9 Å². The molecule has 0 spiro atoms. The normalized spacial score (nSPS) is 16.8. The smallest absolute Gasteiger partial charge is 0.271 e. The molecule has 4 rings (SSSR count). The third kappa shape index (κ3) is 5.23. The molecule has 0 bridgehead atoms. The number of nitrogens with one attached hydrogen (secondary N) is 1. The van der Waals surface area contributed by atoms with Gasteiger partial charge in [-0.3, -0.25) is 9.59 Å². The number of rotatable bonds is 7. The zero-order valence-corrected chi connectivity index (χ0v) is 21.0. The van der Waals surface area contributed by atoms with Crippen LogP contribution in [0.2, 0.25) is 0 Å². The van der Waals surface area contributed by atoms with Crippen molar-refractivity contribution in [2.75, 3.05) is 30.0 Å². The van der Waals surface area contributed by atoms with Crippen LogP contribution in [0.15, 0.2) is 46.4 Å². The Morgan fingerprint density at radius 1 is 1.09 bits per heavy atom. The maximum atomic E-state index is 13.2. The molecule has 0 aromatic heterocycles. The van der Waals surface area contributed by atoms with Crippen LogP contribution in [0, 0.1) is 13.8 Å². The second-order valence-corrected chi connectivity index (χ2v) is 10.6. The van der Waals surface area contributed by atoms with Gasteiger partial charge in [0.25, 0.3) is 5.91 Å². The second kappa shape index (κ2) is 10.2. The van der Waals surface area contributed by atoms with Crippen LogP contribution >= 0.6 is 0 Å². The number of hydrogen-bond acceptors (Lipinski definition) is 6. The number of carbonyl (C=O) groups is 2. The molecular weight excluding hydrogens is 468 g/mol. The van der Waals surface area contributed by atoms with Gasteiger partial charge < -0.3 is 10.1 Å². The number of ether oxygens (including phenoxy) is 1. The van der Waals surface area contributed by atoms with E-state index in [1.165, 1.54) is 15.4 Å². The molecule has 0 saturated carbocycles. The number of aryl methyl sites for hydroxylation is 2. The van der Waals surface area contributed by atoms with E-state index in [1.807, 2.05) is 32.0 Å². The molecule has 2 aliphatic heterocycles. The molecule has 2 aromatic carbocycles. The fourth-order valence-electron chi connectivity index (χ4n) is 4.19. The van der Waals surface area contributed by atoms with E-state index in [0.717, 1.165) is 24.0 Å². The van der Waals surface area contributed by atoms with Crippen LogP contribution in [0.1, 0.15) is 43.7 Å². The fourth-order valence-corrected chi connectivity index (χ4v) is 5.86. The Morgan fingerprint density at radius 3 is 2.54 bits per heavy atom. The SMILES string of the molecule is CCOc1ccc(NC(=O)C2=NN(c3cc(C)ccc3C)C(=O)CC2)cc1S(=O)(=O)N1CCCC1. The maximum Gasteiger partial charge on any atom is 0.271 e. The molecule has 2 amide bonds. The third-order valence-corrected chi connectivity index (χ3v) is 7.99. The predicted molar refractivity (Wildman–Crippen MR) is 134 cm³/mol. The summed E-state index contributed by atoms with van der Waals surface area (Å²) >= 11 is 0. The van der Waals surface area contributed by atoms with Crippen LogP contribution in [0.4, 0.5) is 11.4 Å². The Kier molecular flexibility index (Phi) is 7.23. The van der Waals surface area contributed by atoms with Crippen LogP contribution in [0.5, 0.6) is 5.75 Å². The van der Waals surface area contributed by atoms with Gasteiger partial charge in [-0.15, -0.1) is 0 Å². The lowest BCUT2D eigenvalue weighted by Crippen LogP contribution is -2.36. The molecule has 1 N–H and O–H groups in total. The Hall–Kier alpha value is -3.24. The highest BCUT2D eigenvalue weighted by Gasteiger charge is 2.31. The molecule has 0 aliphatic carbocycles. The minimum absolute atomic E-state index is 0.0248. The number of sulfonamides is 1. The largest absolute Gasteiger partial charge is 0.492 e. The molecule has 2 heterocycles.